The third-order valence-electron chi connectivity index (χ3n) is 4.53. The Kier molecular flexibility index (Phi) is 5.16. The fourth-order valence-corrected chi connectivity index (χ4v) is 3.26. The number of amides is 1. The smallest absolute Gasteiger partial charge is 0.223 e. The van der Waals surface area contributed by atoms with Gasteiger partial charge in [-0.25, -0.2) is 14.1 Å². The maximum atomic E-state index is 13.1. The maximum absolute atomic E-state index is 13.1. The van der Waals surface area contributed by atoms with Gasteiger partial charge in [0.15, 0.2) is 5.82 Å². The summed E-state index contributed by atoms with van der Waals surface area (Å²) in [7, 11) is 0. The fraction of sp³-hybridized carbons (Fsp3) is 0.526. The second-order valence-corrected chi connectivity index (χ2v) is 7.13. The molecule has 1 aromatic carbocycles. The topological polar surface area (TPSA) is 51.0 Å². The van der Waals surface area contributed by atoms with Crippen LogP contribution in [0.5, 0.6) is 0 Å². The van der Waals surface area contributed by atoms with Crippen LogP contribution in [0.15, 0.2) is 24.3 Å². The van der Waals surface area contributed by atoms with Gasteiger partial charge in [0.2, 0.25) is 5.91 Å². The highest BCUT2D eigenvalue weighted by atomic mass is 19.1. The van der Waals surface area contributed by atoms with Gasteiger partial charge >= 0.3 is 0 Å². The second kappa shape index (κ2) is 7.33. The molecule has 134 valence electrons. The van der Waals surface area contributed by atoms with E-state index in [0.717, 1.165) is 36.6 Å². The van der Waals surface area contributed by atoms with Crippen LogP contribution in [0.25, 0.3) is 0 Å². The van der Waals surface area contributed by atoms with Gasteiger partial charge in [0.1, 0.15) is 11.6 Å². The van der Waals surface area contributed by atoms with E-state index in [4.69, 9.17) is 4.98 Å². The molecule has 0 saturated carbocycles. The summed E-state index contributed by atoms with van der Waals surface area (Å²) in [5, 5.41) is 4.66. The molecule has 1 aliphatic heterocycles. The van der Waals surface area contributed by atoms with E-state index >= 15 is 0 Å². The van der Waals surface area contributed by atoms with Gasteiger partial charge in [-0.2, -0.15) is 5.10 Å². The van der Waals surface area contributed by atoms with E-state index in [0.29, 0.717) is 18.9 Å². The summed E-state index contributed by atoms with van der Waals surface area (Å²) in [4.78, 5) is 18.7. The minimum Gasteiger partial charge on any atom is -0.333 e. The largest absolute Gasteiger partial charge is 0.333 e. The van der Waals surface area contributed by atoms with Gasteiger partial charge in [-0.1, -0.05) is 26.0 Å². The zero-order valence-corrected chi connectivity index (χ0v) is 15.1. The fourth-order valence-electron chi connectivity index (χ4n) is 3.26. The Morgan fingerprint density at radius 1 is 1.20 bits per heavy atom. The zero-order chi connectivity index (χ0) is 18.0. The minimum atomic E-state index is -0.251. The number of nitrogens with zero attached hydrogens (tertiary/aromatic N) is 4. The molecule has 1 saturated heterocycles. The van der Waals surface area contributed by atoms with E-state index in [1.807, 2.05) is 16.5 Å². The van der Waals surface area contributed by atoms with Crippen LogP contribution in [0.3, 0.4) is 0 Å². The predicted octanol–water partition coefficient (Wildman–Crippen LogP) is 3.35. The molecule has 1 aromatic heterocycles. The number of likely N-dealkylation sites (tertiary alicyclic amines) is 1. The van der Waals surface area contributed by atoms with Crippen molar-refractivity contribution in [3.63, 3.8) is 0 Å². The van der Waals surface area contributed by atoms with Crippen molar-refractivity contribution >= 4 is 5.91 Å². The van der Waals surface area contributed by atoms with Gasteiger partial charge in [-0.15, -0.1) is 0 Å². The lowest BCUT2D eigenvalue weighted by molar-refractivity contribution is -0.129. The van der Waals surface area contributed by atoms with Crippen molar-refractivity contribution in [2.45, 2.75) is 52.6 Å². The number of rotatable bonds is 6. The molecule has 1 unspecified atom stereocenters. The molecule has 5 nitrogen and oxygen atoms in total. The Labute approximate surface area is 147 Å². The molecule has 0 N–H and O–H groups in total. The van der Waals surface area contributed by atoms with Crippen molar-refractivity contribution in [3.8, 4) is 0 Å². The molecule has 3 rings (SSSR count). The first-order chi connectivity index (χ1) is 11.9. The van der Waals surface area contributed by atoms with Crippen LogP contribution in [0, 0.1) is 11.7 Å². The van der Waals surface area contributed by atoms with Crippen molar-refractivity contribution < 1.29 is 9.18 Å². The van der Waals surface area contributed by atoms with Crippen molar-refractivity contribution in [3.05, 3.63) is 47.3 Å². The zero-order valence-electron chi connectivity index (χ0n) is 15.1. The molecule has 0 aliphatic carbocycles. The molecule has 1 aliphatic rings. The maximum Gasteiger partial charge on any atom is 0.223 e. The van der Waals surface area contributed by atoms with Gasteiger partial charge in [0, 0.05) is 19.4 Å². The van der Waals surface area contributed by atoms with E-state index < -0.39 is 0 Å². The molecular formula is C19H25FN4O. The van der Waals surface area contributed by atoms with E-state index in [9.17, 15) is 9.18 Å². The second-order valence-electron chi connectivity index (χ2n) is 7.13. The first-order valence-electron chi connectivity index (χ1n) is 8.91. The van der Waals surface area contributed by atoms with Gasteiger partial charge in [-0.05, 0) is 37.0 Å². The number of hydrogen-bond acceptors (Lipinski definition) is 3. The minimum absolute atomic E-state index is 0.108. The molecule has 1 amide bonds. The van der Waals surface area contributed by atoms with Crippen molar-refractivity contribution in [1.82, 2.24) is 19.7 Å². The quantitative estimate of drug-likeness (QED) is 0.807. The Morgan fingerprint density at radius 2 is 1.92 bits per heavy atom. The van der Waals surface area contributed by atoms with E-state index in [1.165, 1.54) is 12.1 Å². The van der Waals surface area contributed by atoms with E-state index in [1.54, 1.807) is 12.1 Å². The van der Waals surface area contributed by atoms with Crippen LogP contribution in [0.1, 0.15) is 56.9 Å². The number of halogens is 1. The van der Waals surface area contributed by atoms with Crippen molar-refractivity contribution in [2.75, 3.05) is 6.54 Å². The standard InChI is InChI=1S/C19H25FN4O/c1-13(2)11-17-21-19(14(3)23-10-4-5-18(23)25)24(22-17)12-15-6-8-16(20)9-7-15/h6-9,13-14H,4-5,10-12H2,1-3H3. The van der Waals surface area contributed by atoms with Crippen LogP contribution in [0.4, 0.5) is 4.39 Å². The molecule has 0 radical (unpaired) electrons. The summed E-state index contributed by atoms with van der Waals surface area (Å²) >= 11 is 0. The number of aromatic nitrogens is 3. The first-order valence-corrected chi connectivity index (χ1v) is 8.91. The molecular weight excluding hydrogens is 319 g/mol. The monoisotopic (exact) mass is 344 g/mol. The third kappa shape index (κ3) is 4.06. The third-order valence-corrected chi connectivity index (χ3v) is 4.53. The summed E-state index contributed by atoms with van der Waals surface area (Å²) in [5.74, 6) is 1.98. The van der Waals surface area contributed by atoms with Crippen LogP contribution < -0.4 is 0 Å². The van der Waals surface area contributed by atoms with Gasteiger partial charge in [-0.3, -0.25) is 4.79 Å². The molecule has 0 spiro atoms. The van der Waals surface area contributed by atoms with Crippen LogP contribution in [0.2, 0.25) is 0 Å². The molecule has 1 atom stereocenters. The molecule has 2 aromatic rings. The molecule has 1 fully saturated rings. The number of hydrogen-bond donors (Lipinski definition) is 0. The summed E-state index contributed by atoms with van der Waals surface area (Å²) in [5.41, 5.74) is 0.962. The Balaban J connectivity index is 1.89. The lowest BCUT2D eigenvalue weighted by Crippen LogP contribution is -2.30. The highest BCUT2D eigenvalue weighted by molar-refractivity contribution is 5.78. The number of carbonyl (C=O) groups excluding carboxylic acids is 1. The van der Waals surface area contributed by atoms with Crippen LogP contribution in [-0.4, -0.2) is 32.1 Å². The molecule has 2 heterocycles. The lowest BCUT2D eigenvalue weighted by Gasteiger charge is -2.23. The molecule has 0 bridgehead atoms. The van der Waals surface area contributed by atoms with Crippen LogP contribution >= 0.6 is 0 Å². The lowest BCUT2D eigenvalue weighted by atomic mass is 10.1. The average molecular weight is 344 g/mol. The van der Waals surface area contributed by atoms with Crippen molar-refractivity contribution in [1.29, 1.82) is 0 Å². The molecule has 25 heavy (non-hydrogen) atoms. The highest BCUT2D eigenvalue weighted by Gasteiger charge is 2.29. The normalized spacial score (nSPS) is 16.0. The van der Waals surface area contributed by atoms with Crippen LogP contribution in [-0.2, 0) is 17.8 Å². The predicted molar refractivity (Wildman–Crippen MR) is 93.4 cm³/mol. The van der Waals surface area contributed by atoms with Gasteiger partial charge < -0.3 is 4.90 Å². The number of carbonyl (C=O) groups is 1. The summed E-state index contributed by atoms with van der Waals surface area (Å²) in [6.45, 7) is 7.56. The summed E-state index contributed by atoms with van der Waals surface area (Å²) < 4.78 is 15.0. The summed E-state index contributed by atoms with van der Waals surface area (Å²) in [6, 6.07) is 6.32. The molecule has 6 heteroatoms. The van der Waals surface area contributed by atoms with E-state index in [2.05, 4.69) is 18.9 Å². The SMILES string of the molecule is CC(C)Cc1nc(C(C)N2CCCC2=O)n(Cc2ccc(F)cc2)n1. The Morgan fingerprint density at radius 3 is 2.52 bits per heavy atom. The first kappa shape index (κ1) is 17.6. The highest BCUT2D eigenvalue weighted by Crippen LogP contribution is 2.25. The van der Waals surface area contributed by atoms with Crippen molar-refractivity contribution in [2.24, 2.45) is 5.92 Å². The average Bonchev–Trinajstić information content (AvgIpc) is 3.15. The number of benzene rings is 1. The summed E-state index contributed by atoms with van der Waals surface area (Å²) in [6.07, 6.45) is 2.30. The van der Waals surface area contributed by atoms with E-state index in [-0.39, 0.29) is 17.8 Å². The Hall–Kier alpha value is -2.24. The van der Waals surface area contributed by atoms with Gasteiger partial charge in [0.25, 0.3) is 0 Å². The Bertz CT molecular complexity index is 738. The van der Waals surface area contributed by atoms with Gasteiger partial charge in [0.05, 0.1) is 12.6 Å².